The second-order valence-corrected chi connectivity index (χ2v) is 10.6. The molecule has 4 rings (SSSR count). The number of nitrogens with zero attached hydrogens (tertiary/aromatic N) is 3. The van der Waals surface area contributed by atoms with Crippen LogP contribution in [0.5, 0.6) is 0 Å². The summed E-state index contributed by atoms with van der Waals surface area (Å²) < 4.78 is 1.73. The third-order valence-corrected chi connectivity index (χ3v) is 7.86. The highest BCUT2D eigenvalue weighted by atomic mass is 32.2. The summed E-state index contributed by atoms with van der Waals surface area (Å²) in [6, 6.07) is 6.12. The van der Waals surface area contributed by atoms with Crippen molar-refractivity contribution in [1.29, 1.82) is 0 Å². The molecule has 1 atom stereocenters. The zero-order valence-electron chi connectivity index (χ0n) is 18.1. The van der Waals surface area contributed by atoms with E-state index in [4.69, 9.17) is 4.98 Å². The van der Waals surface area contributed by atoms with E-state index in [1.54, 1.807) is 34.9 Å². The number of fused-ring (bicyclic) bond motifs is 3. The summed E-state index contributed by atoms with van der Waals surface area (Å²) in [6.45, 7) is 5.91. The van der Waals surface area contributed by atoms with Gasteiger partial charge in [-0.15, -0.1) is 11.3 Å². The topological polar surface area (TPSA) is 55.2 Å². The Balaban J connectivity index is 1.98. The average molecular weight is 442 g/mol. The maximum Gasteiger partial charge on any atom is 0.267 e. The Labute approximate surface area is 185 Å². The number of aryl methyl sites for hydroxylation is 4. The molecule has 0 saturated carbocycles. The van der Waals surface area contributed by atoms with Gasteiger partial charge in [0.1, 0.15) is 4.83 Å². The molecule has 1 amide bonds. The molecule has 0 fully saturated rings. The van der Waals surface area contributed by atoms with Crippen molar-refractivity contribution < 1.29 is 4.79 Å². The predicted octanol–water partition coefficient (Wildman–Crippen LogP) is 4.51. The molecule has 0 saturated heterocycles. The van der Waals surface area contributed by atoms with E-state index in [-0.39, 0.29) is 16.7 Å². The van der Waals surface area contributed by atoms with Crippen LogP contribution in [0, 0.1) is 13.8 Å². The van der Waals surface area contributed by atoms with Crippen molar-refractivity contribution in [2.24, 2.45) is 0 Å². The molecule has 30 heavy (non-hydrogen) atoms. The summed E-state index contributed by atoms with van der Waals surface area (Å²) in [4.78, 5) is 35.0. The van der Waals surface area contributed by atoms with Gasteiger partial charge in [0.15, 0.2) is 5.16 Å². The first-order chi connectivity index (χ1) is 14.3. The summed E-state index contributed by atoms with van der Waals surface area (Å²) in [5, 5.41) is 1.02. The molecule has 2 aromatic heterocycles. The quantitative estimate of drug-likeness (QED) is 0.441. The molecule has 0 N–H and O–H groups in total. The van der Waals surface area contributed by atoms with Gasteiger partial charge in [-0.3, -0.25) is 14.2 Å². The Hall–Kier alpha value is -2.12. The zero-order valence-corrected chi connectivity index (χ0v) is 19.7. The van der Waals surface area contributed by atoms with E-state index in [1.165, 1.54) is 28.6 Å². The summed E-state index contributed by atoms with van der Waals surface area (Å²) >= 11 is 3.01. The summed E-state index contributed by atoms with van der Waals surface area (Å²) in [5.74, 6) is 0.00679. The minimum atomic E-state index is -0.338. The first kappa shape index (κ1) is 21.1. The highest BCUT2D eigenvalue weighted by Crippen LogP contribution is 2.36. The Kier molecular flexibility index (Phi) is 5.77. The first-order valence-electron chi connectivity index (χ1n) is 10.3. The van der Waals surface area contributed by atoms with Crippen LogP contribution in [-0.4, -0.2) is 39.7 Å². The Morgan fingerprint density at radius 2 is 1.97 bits per heavy atom. The van der Waals surface area contributed by atoms with Crippen molar-refractivity contribution in [1.82, 2.24) is 14.5 Å². The molecular weight excluding hydrogens is 414 g/mol. The number of thioether (sulfide) groups is 1. The van der Waals surface area contributed by atoms with Crippen LogP contribution in [0.3, 0.4) is 0 Å². The van der Waals surface area contributed by atoms with Crippen LogP contribution in [0.1, 0.15) is 41.3 Å². The van der Waals surface area contributed by atoms with Crippen LogP contribution >= 0.6 is 23.1 Å². The molecular formula is C23H27N3O2S2. The number of hydrogen-bond donors (Lipinski definition) is 0. The molecule has 2 heterocycles. The van der Waals surface area contributed by atoms with Gasteiger partial charge in [0.2, 0.25) is 5.91 Å². The largest absolute Gasteiger partial charge is 0.348 e. The van der Waals surface area contributed by atoms with Gasteiger partial charge in [-0.2, -0.15) is 0 Å². The van der Waals surface area contributed by atoms with Gasteiger partial charge < -0.3 is 4.90 Å². The van der Waals surface area contributed by atoms with E-state index >= 15 is 0 Å². The van der Waals surface area contributed by atoms with Gasteiger partial charge in [-0.1, -0.05) is 23.9 Å². The molecule has 1 aliphatic rings. The summed E-state index contributed by atoms with van der Waals surface area (Å²) in [6.07, 6.45) is 4.26. The van der Waals surface area contributed by atoms with Gasteiger partial charge in [-0.05, 0) is 69.2 Å². The van der Waals surface area contributed by atoms with Crippen LogP contribution in [-0.2, 0) is 17.6 Å². The monoisotopic (exact) mass is 441 g/mol. The number of hydrogen-bond acceptors (Lipinski definition) is 5. The third-order valence-electron chi connectivity index (χ3n) is 5.63. The fourth-order valence-electron chi connectivity index (χ4n) is 4.01. The predicted molar refractivity (Wildman–Crippen MR) is 125 cm³/mol. The zero-order chi connectivity index (χ0) is 21.6. The Bertz CT molecular complexity index is 1190. The molecule has 3 aromatic rings. The molecule has 1 unspecified atom stereocenters. The number of carbonyl (C=O) groups excluding carboxylic acids is 1. The van der Waals surface area contributed by atoms with Crippen molar-refractivity contribution in [3.05, 3.63) is 50.1 Å². The van der Waals surface area contributed by atoms with E-state index < -0.39 is 0 Å². The maximum absolute atomic E-state index is 13.9. The van der Waals surface area contributed by atoms with E-state index in [0.717, 1.165) is 46.3 Å². The van der Waals surface area contributed by atoms with Gasteiger partial charge in [0.05, 0.1) is 16.3 Å². The van der Waals surface area contributed by atoms with Gasteiger partial charge in [0, 0.05) is 19.0 Å². The molecule has 1 aromatic carbocycles. The molecule has 0 spiro atoms. The van der Waals surface area contributed by atoms with Gasteiger partial charge in [0.25, 0.3) is 5.56 Å². The standard InChI is InChI=1S/C23H27N3O2S2/c1-13-10-11-14(2)17(12-13)26-22(28)19-16-8-6-7-9-18(16)30-20(19)24-23(26)29-15(3)21(27)25(4)5/h10-12,15H,6-9H2,1-5H3. The van der Waals surface area contributed by atoms with E-state index in [0.29, 0.717) is 5.16 Å². The molecule has 5 nitrogen and oxygen atoms in total. The van der Waals surface area contributed by atoms with Crippen LogP contribution in [0.25, 0.3) is 15.9 Å². The molecule has 0 radical (unpaired) electrons. The van der Waals surface area contributed by atoms with E-state index in [2.05, 4.69) is 0 Å². The van der Waals surface area contributed by atoms with Gasteiger partial charge >= 0.3 is 0 Å². The highest BCUT2D eigenvalue weighted by molar-refractivity contribution is 8.00. The fraction of sp³-hybridized carbons (Fsp3) is 0.435. The van der Waals surface area contributed by atoms with Crippen LogP contribution in [0.15, 0.2) is 28.2 Å². The van der Waals surface area contributed by atoms with Crippen LogP contribution < -0.4 is 5.56 Å². The lowest BCUT2D eigenvalue weighted by atomic mass is 9.97. The van der Waals surface area contributed by atoms with Crippen molar-refractivity contribution in [3.63, 3.8) is 0 Å². The lowest BCUT2D eigenvalue weighted by molar-refractivity contribution is -0.127. The van der Waals surface area contributed by atoms with Crippen LogP contribution in [0.2, 0.25) is 0 Å². The second-order valence-electron chi connectivity index (χ2n) is 8.21. The van der Waals surface area contributed by atoms with Crippen molar-refractivity contribution in [2.75, 3.05) is 14.1 Å². The highest BCUT2D eigenvalue weighted by Gasteiger charge is 2.26. The molecule has 0 aliphatic heterocycles. The van der Waals surface area contributed by atoms with Crippen molar-refractivity contribution >= 4 is 39.2 Å². The first-order valence-corrected chi connectivity index (χ1v) is 12.0. The molecule has 0 bridgehead atoms. The van der Waals surface area contributed by atoms with Crippen molar-refractivity contribution in [2.45, 2.75) is 56.9 Å². The molecule has 7 heteroatoms. The summed E-state index contributed by atoms with van der Waals surface area (Å²) in [5.41, 5.74) is 4.12. The minimum Gasteiger partial charge on any atom is -0.348 e. The number of rotatable bonds is 4. The SMILES string of the molecule is Cc1ccc(C)c(-n2c(SC(C)C(=O)N(C)C)nc3sc4c(c3c2=O)CCCC4)c1. The smallest absolute Gasteiger partial charge is 0.267 e. The number of thiophene rings is 1. The second kappa shape index (κ2) is 8.19. The normalized spacial score (nSPS) is 14.6. The third kappa shape index (κ3) is 3.69. The van der Waals surface area contributed by atoms with Gasteiger partial charge in [-0.25, -0.2) is 4.98 Å². The number of carbonyl (C=O) groups is 1. The fourth-order valence-corrected chi connectivity index (χ4v) is 6.38. The van der Waals surface area contributed by atoms with E-state index in [9.17, 15) is 9.59 Å². The van der Waals surface area contributed by atoms with Crippen LogP contribution in [0.4, 0.5) is 0 Å². The lowest BCUT2D eigenvalue weighted by Crippen LogP contribution is -2.31. The maximum atomic E-state index is 13.9. The lowest BCUT2D eigenvalue weighted by Gasteiger charge is -2.19. The number of benzene rings is 1. The van der Waals surface area contributed by atoms with Crippen molar-refractivity contribution in [3.8, 4) is 5.69 Å². The minimum absolute atomic E-state index is 0.00679. The number of aromatic nitrogens is 2. The average Bonchev–Trinajstić information content (AvgIpc) is 3.08. The summed E-state index contributed by atoms with van der Waals surface area (Å²) in [7, 11) is 3.50. The molecule has 1 aliphatic carbocycles. The van der Waals surface area contributed by atoms with E-state index in [1.807, 2.05) is 39.0 Å². The molecule has 158 valence electrons. The Morgan fingerprint density at radius 1 is 1.23 bits per heavy atom. The Morgan fingerprint density at radius 3 is 2.70 bits per heavy atom. The number of amides is 1.